The van der Waals surface area contributed by atoms with E-state index in [9.17, 15) is 4.79 Å². The Labute approximate surface area is 126 Å². The summed E-state index contributed by atoms with van der Waals surface area (Å²) in [4.78, 5) is 11.7. The summed E-state index contributed by atoms with van der Waals surface area (Å²) in [5, 5.41) is 12.0. The fourth-order valence-corrected chi connectivity index (χ4v) is 2.44. The number of hydrogen-bond donors (Lipinski definition) is 2. The lowest BCUT2D eigenvalue weighted by Crippen LogP contribution is -2.40. The van der Waals surface area contributed by atoms with Crippen molar-refractivity contribution >= 4 is 39.7 Å². The summed E-state index contributed by atoms with van der Waals surface area (Å²) < 4.78 is 1.01. The van der Waals surface area contributed by atoms with E-state index >= 15 is 0 Å². The summed E-state index contributed by atoms with van der Waals surface area (Å²) in [5.74, 6) is -0.150. The minimum absolute atomic E-state index is 0.0185. The highest BCUT2D eigenvalue weighted by Gasteiger charge is 2.15. The van der Waals surface area contributed by atoms with Gasteiger partial charge in [0.2, 0.25) is 5.91 Å². The lowest BCUT2D eigenvalue weighted by atomic mass is 10.2. The lowest BCUT2D eigenvalue weighted by Gasteiger charge is -2.20. The largest absolute Gasteiger partial charge is 0.395 e. The van der Waals surface area contributed by atoms with Crippen molar-refractivity contribution in [2.75, 3.05) is 12.9 Å². The molecule has 19 heavy (non-hydrogen) atoms. The first-order valence-electron chi connectivity index (χ1n) is 5.94. The number of halogens is 1. The highest BCUT2D eigenvalue weighted by molar-refractivity contribution is 9.10. The van der Waals surface area contributed by atoms with Gasteiger partial charge in [0.15, 0.2) is 0 Å². The fourth-order valence-electron chi connectivity index (χ4n) is 1.55. The summed E-state index contributed by atoms with van der Waals surface area (Å²) in [6.45, 7) is 1.95. The van der Waals surface area contributed by atoms with Gasteiger partial charge in [-0.1, -0.05) is 28.1 Å². The zero-order valence-electron chi connectivity index (χ0n) is 11.0. The Bertz CT molecular complexity index is 430. The first-order chi connectivity index (χ1) is 9.06. The Hall–Kier alpha value is -0.780. The van der Waals surface area contributed by atoms with Crippen molar-refractivity contribution in [3.63, 3.8) is 0 Å². The van der Waals surface area contributed by atoms with E-state index in [4.69, 9.17) is 5.11 Å². The van der Waals surface area contributed by atoms with Crippen LogP contribution < -0.4 is 5.32 Å². The number of thioether (sulfide) groups is 1. The summed E-state index contributed by atoms with van der Waals surface area (Å²) >= 11 is 4.90. The number of rotatable bonds is 6. The molecule has 0 aromatic heterocycles. The average molecular weight is 344 g/mol. The van der Waals surface area contributed by atoms with Crippen LogP contribution in [-0.4, -0.2) is 35.2 Å². The summed E-state index contributed by atoms with van der Waals surface area (Å²) in [6.07, 6.45) is 5.19. The predicted octanol–water partition coefficient (Wildman–Crippen LogP) is 2.69. The molecule has 2 unspecified atom stereocenters. The van der Waals surface area contributed by atoms with Crippen LogP contribution in [0.25, 0.3) is 6.08 Å². The third-order valence-electron chi connectivity index (χ3n) is 2.71. The van der Waals surface area contributed by atoms with E-state index in [1.807, 2.05) is 37.4 Å². The van der Waals surface area contributed by atoms with Gasteiger partial charge in [0.05, 0.1) is 6.61 Å². The van der Waals surface area contributed by atoms with Crippen molar-refractivity contribution in [1.29, 1.82) is 0 Å². The Morgan fingerprint density at radius 3 is 2.63 bits per heavy atom. The van der Waals surface area contributed by atoms with Crippen molar-refractivity contribution < 1.29 is 9.90 Å². The van der Waals surface area contributed by atoms with Crippen molar-refractivity contribution in [3.05, 3.63) is 40.4 Å². The Kier molecular flexibility index (Phi) is 7.20. The van der Waals surface area contributed by atoms with Crippen molar-refractivity contribution in [1.82, 2.24) is 5.32 Å². The molecule has 0 radical (unpaired) electrons. The van der Waals surface area contributed by atoms with Gasteiger partial charge in [-0.05, 0) is 37.0 Å². The number of benzene rings is 1. The molecule has 0 bridgehead atoms. The number of hydrogen-bond acceptors (Lipinski definition) is 3. The highest BCUT2D eigenvalue weighted by atomic mass is 79.9. The normalized spacial score (nSPS) is 14.3. The van der Waals surface area contributed by atoms with Crippen LogP contribution >= 0.6 is 27.7 Å². The van der Waals surface area contributed by atoms with Gasteiger partial charge in [-0.25, -0.2) is 0 Å². The molecule has 0 saturated carbocycles. The Morgan fingerprint density at radius 1 is 1.47 bits per heavy atom. The molecule has 104 valence electrons. The van der Waals surface area contributed by atoms with E-state index in [-0.39, 0.29) is 23.8 Å². The second kappa shape index (κ2) is 8.40. The fraction of sp³-hybridized carbons (Fsp3) is 0.357. The molecule has 2 N–H and O–H groups in total. The van der Waals surface area contributed by atoms with Crippen LogP contribution in [0.3, 0.4) is 0 Å². The van der Waals surface area contributed by atoms with Crippen LogP contribution in [0.4, 0.5) is 0 Å². The van der Waals surface area contributed by atoms with Crippen LogP contribution in [0.2, 0.25) is 0 Å². The Morgan fingerprint density at radius 2 is 2.11 bits per heavy atom. The molecule has 1 aromatic rings. The van der Waals surface area contributed by atoms with Gasteiger partial charge in [0.1, 0.15) is 0 Å². The van der Waals surface area contributed by atoms with Crippen molar-refractivity contribution in [2.24, 2.45) is 0 Å². The van der Waals surface area contributed by atoms with Gasteiger partial charge in [0.25, 0.3) is 0 Å². The van der Waals surface area contributed by atoms with Gasteiger partial charge < -0.3 is 10.4 Å². The quantitative estimate of drug-likeness (QED) is 0.780. The second-order valence-electron chi connectivity index (χ2n) is 4.14. The maximum atomic E-state index is 11.7. The zero-order chi connectivity index (χ0) is 14.3. The molecule has 0 saturated heterocycles. The van der Waals surface area contributed by atoms with Gasteiger partial charge in [-0.15, -0.1) is 0 Å². The third kappa shape index (κ3) is 5.80. The summed E-state index contributed by atoms with van der Waals surface area (Å²) in [5.41, 5.74) is 0.967. The molecule has 1 rings (SSSR count). The van der Waals surface area contributed by atoms with Gasteiger partial charge in [-0.3, -0.25) is 4.79 Å². The lowest BCUT2D eigenvalue weighted by molar-refractivity contribution is -0.117. The predicted molar refractivity (Wildman–Crippen MR) is 85.2 cm³/mol. The summed E-state index contributed by atoms with van der Waals surface area (Å²) in [7, 11) is 0. The topological polar surface area (TPSA) is 49.3 Å². The summed E-state index contributed by atoms with van der Waals surface area (Å²) in [6, 6.07) is 7.64. The Balaban J connectivity index is 2.53. The average Bonchev–Trinajstić information content (AvgIpc) is 2.39. The molecule has 1 aromatic carbocycles. The molecular weight excluding hydrogens is 326 g/mol. The van der Waals surface area contributed by atoms with Gasteiger partial charge in [-0.2, -0.15) is 11.8 Å². The van der Waals surface area contributed by atoms with Gasteiger partial charge in [0, 0.05) is 21.8 Å². The van der Waals surface area contributed by atoms with Crippen molar-refractivity contribution in [2.45, 2.75) is 18.2 Å². The van der Waals surface area contributed by atoms with E-state index in [0.717, 1.165) is 10.0 Å². The van der Waals surface area contributed by atoms with Gasteiger partial charge >= 0.3 is 0 Å². The standard InChI is InChI=1S/C14H18BrNO2S/c1-10(13(9-17)19-2)16-14(18)8-5-11-3-6-12(15)7-4-11/h3-8,10,13,17H,9H2,1-2H3,(H,16,18)/b8-5+. The number of amides is 1. The van der Waals surface area contributed by atoms with Crippen LogP contribution in [-0.2, 0) is 4.79 Å². The highest BCUT2D eigenvalue weighted by Crippen LogP contribution is 2.12. The molecule has 0 aliphatic carbocycles. The first-order valence-corrected chi connectivity index (χ1v) is 8.02. The van der Waals surface area contributed by atoms with E-state index in [0.29, 0.717) is 0 Å². The van der Waals surface area contributed by atoms with Crippen LogP contribution in [0, 0.1) is 0 Å². The monoisotopic (exact) mass is 343 g/mol. The number of carbonyl (C=O) groups is 1. The molecule has 0 spiro atoms. The SMILES string of the molecule is CSC(CO)C(C)NC(=O)/C=C/c1ccc(Br)cc1. The number of aliphatic hydroxyl groups excluding tert-OH is 1. The molecular formula is C14H18BrNO2S. The number of carbonyl (C=O) groups excluding carboxylic acids is 1. The number of aliphatic hydroxyl groups is 1. The molecule has 5 heteroatoms. The molecule has 0 aliphatic rings. The number of nitrogens with one attached hydrogen (secondary N) is 1. The smallest absolute Gasteiger partial charge is 0.244 e. The van der Waals surface area contributed by atoms with E-state index in [2.05, 4.69) is 21.2 Å². The second-order valence-corrected chi connectivity index (χ2v) is 6.13. The molecule has 0 heterocycles. The maximum Gasteiger partial charge on any atom is 0.244 e. The molecule has 1 amide bonds. The minimum atomic E-state index is -0.150. The molecule has 0 fully saturated rings. The van der Waals surface area contributed by atoms with Crippen LogP contribution in [0.15, 0.2) is 34.8 Å². The van der Waals surface area contributed by atoms with E-state index in [1.54, 1.807) is 17.8 Å². The maximum absolute atomic E-state index is 11.7. The van der Waals surface area contributed by atoms with Crippen LogP contribution in [0.1, 0.15) is 12.5 Å². The molecule has 2 atom stereocenters. The third-order valence-corrected chi connectivity index (χ3v) is 4.40. The molecule has 0 aliphatic heterocycles. The zero-order valence-corrected chi connectivity index (χ0v) is 13.4. The molecule has 3 nitrogen and oxygen atoms in total. The minimum Gasteiger partial charge on any atom is -0.395 e. The van der Waals surface area contributed by atoms with E-state index in [1.165, 1.54) is 6.08 Å². The van der Waals surface area contributed by atoms with E-state index < -0.39 is 0 Å². The van der Waals surface area contributed by atoms with Crippen molar-refractivity contribution in [3.8, 4) is 0 Å². The first kappa shape index (κ1) is 16.3. The van der Waals surface area contributed by atoms with Crippen LogP contribution in [0.5, 0.6) is 0 Å².